The average Bonchev–Trinajstić information content (AvgIpc) is 2.86. The Balaban J connectivity index is 2.37. The summed E-state index contributed by atoms with van der Waals surface area (Å²) in [5, 5.41) is 3.73. The van der Waals surface area contributed by atoms with Gasteiger partial charge in [0, 0.05) is 6.54 Å². The molecule has 0 aliphatic carbocycles. The predicted octanol–water partition coefficient (Wildman–Crippen LogP) is 2.56. The van der Waals surface area contributed by atoms with Crippen molar-refractivity contribution in [1.29, 1.82) is 0 Å². The number of hydrogen-bond donors (Lipinski definition) is 2. The topological polar surface area (TPSA) is 72.2 Å². The SMILES string of the molecule is Cc1cc(F)c(N)c(C)c1S(=O)(=O)NCc1ccsc1. The summed E-state index contributed by atoms with van der Waals surface area (Å²) in [6.07, 6.45) is 0. The Kier molecular flexibility index (Phi) is 4.12. The Labute approximate surface area is 121 Å². The minimum Gasteiger partial charge on any atom is -0.396 e. The molecule has 0 saturated carbocycles. The van der Waals surface area contributed by atoms with Gasteiger partial charge < -0.3 is 5.73 Å². The molecule has 0 atom stereocenters. The van der Waals surface area contributed by atoms with Crippen LogP contribution < -0.4 is 10.5 Å². The summed E-state index contributed by atoms with van der Waals surface area (Å²) >= 11 is 1.49. The van der Waals surface area contributed by atoms with E-state index in [0.29, 0.717) is 5.56 Å². The Hall–Kier alpha value is -1.44. The molecule has 0 fully saturated rings. The molecular weight excluding hydrogens is 299 g/mol. The van der Waals surface area contributed by atoms with Crippen LogP contribution >= 0.6 is 11.3 Å². The van der Waals surface area contributed by atoms with Crippen molar-refractivity contribution in [3.05, 3.63) is 45.4 Å². The Bertz CT molecular complexity index is 725. The number of halogens is 1. The molecule has 2 aromatic rings. The van der Waals surface area contributed by atoms with Gasteiger partial charge >= 0.3 is 0 Å². The lowest BCUT2D eigenvalue weighted by Crippen LogP contribution is -2.25. The summed E-state index contributed by atoms with van der Waals surface area (Å²) in [6.45, 7) is 3.25. The third-order valence-electron chi connectivity index (χ3n) is 3.02. The van der Waals surface area contributed by atoms with E-state index < -0.39 is 15.8 Å². The minimum atomic E-state index is -3.73. The molecule has 1 heterocycles. The van der Waals surface area contributed by atoms with E-state index in [1.165, 1.54) is 18.3 Å². The van der Waals surface area contributed by atoms with Crippen molar-refractivity contribution in [3.63, 3.8) is 0 Å². The first kappa shape index (κ1) is 15.0. The molecule has 2 rings (SSSR count). The molecule has 0 bridgehead atoms. The molecule has 3 N–H and O–H groups in total. The van der Waals surface area contributed by atoms with Crippen LogP contribution in [0.1, 0.15) is 16.7 Å². The summed E-state index contributed by atoms with van der Waals surface area (Å²) in [5.74, 6) is -0.600. The molecule has 0 amide bonds. The van der Waals surface area contributed by atoms with E-state index in [4.69, 9.17) is 5.73 Å². The highest BCUT2D eigenvalue weighted by Gasteiger charge is 2.22. The highest BCUT2D eigenvalue weighted by Crippen LogP contribution is 2.27. The van der Waals surface area contributed by atoms with E-state index in [1.54, 1.807) is 6.92 Å². The summed E-state index contributed by atoms with van der Waals surface area (Å²) in [7, 11) is -3.73. The molecule has 0 aliphatic rings. The molecule has 7 heteroatoms. The number of rotatable bonds is 4. The predicted molar refractivity (Wildman–Crippen MR) is 78.6 cm³/mol. The standard InChI is InChI=1S/C13H15FN2O2S2/c1-8-5-11(14)12(15)9(2)13(8)20(17,18)16-6-10-3-4-19-7-10/h3-5,7,16H,6,15H2,1-2H3. The number of hydrogen-bond acceptors (Lipinski definition) is 4. The number of benzene rings is 1. The lowest BCUT2D eigenvalue weighted by Gasteiger charge is -2.14. The first-order valence-corrected chi connectivity index (χ1v) is 8.31. The third kappa shape index (κ3) is 2.84. The van der Waals surface area contributed by atoms with Gasteiger partial charge in [0.05, 0.1) is 10.6 Å². The van der Waals surface area contributed by atoms with Crippen molar-refractivity contribution in [2.45, 2.75) is 25.3 Å². The number of nitrogens with one attached hydrogen (secondary N) is 1. The zero-order valence-electron chi connectivity index (χ0n) is 11.1. The van der Waals surface area contributed by atoms with E-state index in [9.17, 15) is 12.8 Å². The van der Waals surface area contributed by atoms with E-state index in [0.717, 1.165) is 11.6 Å². The molecule has 0 radical (unpaired) electrons. The first-order valence-electron chi connectivity index (χ1n) is 5.89. The van der Waals surface area contributed by atoms with Crippen LogP contribution in [0, 0.1) is 19.7 Å². The molecule has 0 spiro atoms. The first-order chi connectivity index (χ1) is 9.33. The zero-order valence-corrected chi connectivity index (χ0v) is 12.7. The van der Waals surface area contributed by atoms with Crippen LogP contribution in [0.3, 0.4) is 0 Å². The van der Waals surface area contributed by atoms with Crippen molar-refractivity contribution in [2.75, 3.05) is 5.73 Å². The number of sulfonamides is 1. The fourth-order valence-electron chi connectivity index (χ4n) is 1.99. The summed E-state index contributed by atoms with van der Waals surface area (Å²) in [4.78, 5) is 0.0478. The fraction of sp³-hybridized carbons (Fsp3) is 0.231. The van der Waals surface area contributed by atoms with E-state index >= 15 is 0 Å². The summed E-state index contributed by atoms with van der Waals surface area (Å²) in [5.41, 5.74) is 6.90. The number of anilines is 1. The monoisotopic (exact) mass is 314 g/mol. The van der Waals surface area contributed by atoms with Crippen LogP contribution in [0.15, 0.2) is 27.8 Å². The van der Waals surface area contributed by atoms with Crippen molar-refractivity contribution < 1.29 is 12.8 Å². The molecule has 1 aromatic carbocycles. The van der Waals surface area contributed by atoms with Crippen LogP contribution in [0.5, 0.6) is 0 Å². The lowest BCUT2D eigenvalue weighted by atomic mass is 10.1. The molecule has 4 nitrogen and oxygen atoms in total. The Morgan fingerprint density at radius 1 is 1.40 bits per heavy atom. The maximum absolute atomic E-state index is 13.5. The smallest absolute Gasteiger partial charge is 0.241 e. The van der Waals surface area contributed by atoms with Crippen molar-refractivity contribution in [1.82, 2.24) is 4.72 Å². The van der Waals surface area contributed by atoms with E-state index in [1.807, 2.05) is 16.8 Å². The average molecular weight is 314 g/mol. The van der Waals surface area contributed by atoms with Gasteiger partial charge in [0.25, 0.3) is 0 Å². The number of aryl methyl sites for hydroxylation is 1. The second-order valence-electron chi connectivity index (χ2n) is 4.50. The molecule has 108 valence electrons. The highest BCUT2D eigenvalue weighted by atomic mass is 32.2. The highest BCUT2D eigenvalue weighted by molar-refractivity contribution is 7.89. The van der Waals surface area contributed by atoms with Crippen LogP contribution in [0.4, 0.5) is 10.1 Å². The van der Waals surface area contributed by atoms with Crippen molar-refractivity contribution >= 4 is 27.0 Å². The normalized spacial score (nSPS) is 11.8. The van der Waals surface area contributed by atoms with Gasteiger partial charge in [-0.2, -0.15) is 11.3 Å². The minimum absolute atomic E-state index is 0.0478. The molecule has 0 aliphatic heterocycles. The van der Waals surface area contributed by atoms with E-state index in [-0.39, 0.29) is 22.7 Å². The van der Waals surface area contributed by atoms with Crippen LogP contribution in [-0.4, -0.2) is 8.42 Å². The van der Waals surface area contributed by atoms with Crippen LogP contribution in [0.2, 0.25) is 0 Å². The lowest BCUT2D eigenvalue weighted by molar-refractivity contribution is 0.579. The van der Waals surface area contributed by atoms with E-state index in [2.05, 4.69) is 4.72 Å². The quantitative estimate of drug-likeness (QED) is 0.852. The summed E-state index contributed by atoms with van der Waals surface area (Å²) in [6, 6.07) is 2.98. The number of thiophene rings is 1. The van der Waals surface area contributed by atoms with Crippen molar-refractivity contribution in [3.8, 4) is 0 Å². The van der Waals surface area contributed by atoms with Crippen molar-refractivity contribution in [2.24, 2.45) is 0 Å². The zero-order chi connectivity index (χ0) is 14.9. The van der Waals surface area contributed by atoms with Crippen LogP contribution in [-0.2, 0) is 16.6 Å². The maximum Gasteiger partial charge on any atom is 0.241 e. The van der Waals surface area contributed by atoms with Crippen LogP contribution in [0.25, 0.3) is 0 Å². The van der Waals surface area contributed by atoms with Gasteiger partial charge in [0.15, 0.2) is 0 Å². The van der Waals surface area contributed by atoms with Gasteiger partial charge in [-0.15, -0.1) is 0 Å². The largest absolute Gasteiger partial charge is 0.396 e. The van der Waals surface area contributed by atoms with Gasteiger partial charge in [0.1, 0.15) is 5.82 Å². The third-order valence-corrected chi connectivity index (χ3v) is 5.44. The van der Waals surface area contributed by atoms with Gasteiger partial charge in [-0.25, -0.2) is 17.5 Å². The fourth-order valence-corrected chi connectivity index (χ4v) is 4.15. The molecule has 0 unspecified atom stereocenters. The summed E-state index contributed by atoms with van der Waals surface area (Å²) < 4.78 is 40.7. The molecule has 20 heavy (non-hydrogen) atoms. The maximum atomic E-state index is 13.5. The van der Waals surface area contributed by atoms with Gasteiger partial charge in [-0.3, -0.25) is 0 Å². The molecule has 1 aromatic heterocycles. The number of nitrogen functional groups attached to an aromatic ring is 1. The Morgan fingerprint density at radius 3 is 2.70 bits per heavy atom. The Morgan fingerprint density at radius 2 is 2.10 bits per heavy atom. The van der Waals surface area contributed by atoms with Gasteiger partial charge in [-0.05, 0) is 53.4 Å². The molecular formula is C13H15FN2O2S2. The van der Waals surface area contributed by atoms with Gasteiger partial charge in [-0.1, -0.05) is 0 Å². The van der Waals surface area contributed by atoms with Gasteiger partial charge in [0.2, 0.25) is 10.0 Å². The number of nitrogens with two attached hydrogens (primary N) is 1. The second kappa shape index (κ2) is 5.51. The molecule has 0 saturated heterocycles. The second-order valence-corrected chi connectivity index (χ2v) is 6.98.